The summed E-state index contributed by atoms with van der Waals surface area (Å²) in [6, 6.07) is 5.09. The summed E-state index contributed by atoms with van der Waals surface area (Å²) < 4.78 is 20.2. The maximum absolute atomic E-state index is 14.1. The summed E-state index contributed by atoms with van der Waals surface area (Å²) in [5.74, 6) is 0.328. The Morgan fingerprint density at radius 2 is 2.12 bits per heavy atom. The van der Waals surface area contributed by atoms with Gasteiger partial charge in [-0.2, -0.15) is 0 Å². The van der Waals surface area contributed by atoms with Crippen LogP contribution in [0.3, 0.4) is 0 Å². The van der Waals surface area contributed by atoms with E-state index in [9.17, 15) is 9.18 Å². The number of nitrogens with one attached hydrogen (secondary N) is 1. The second-order valence-electron chi connectivity index (χ2n) is 7.77. The molecule has 4 heterocycles. The number of rotatable bonds is 4. The summed E-state index contributed by atoms with van der Waals surface area (Å²) in [4.78, 5) is 16.0. The number of hydrogen-bond acceptors (Lipinski definition) is 4. The van der Waals surface area contributed by atoms with Gasteiger partial charge in [0, 0.05) is 11.6 Å². The van der Waals surface area contributed by atoms with E-state index in [1.165, 1.54) is 17.4 Å². The van der Waals surface area contributed by atoms with Gasteiger partial charge in [0.05, 0.1) is 16.2 Å². The van der Waals surface area contributed by atoms with Gasteiger partial charge in [-0.1, -0.05) is 6.07 Å². The van der Waals surface area contributed by atoms with Crippen LogP contribution in [0.25, 0.3) is 10.1 Å². The Kier molecular flexibility index (Phi) is 4.43. The van der Waals surface area contributed by atoms with Gasteiger partial charge in [0.25, 0.3) is 5.91 Å². The van der Waals surface area contributed by atoms with Crippen molar-refractivity contribution in [3.63, 3.8) is 0 Å². The van der Waals surface area contributed by atoms with Gasteiger partial charge in [-0.25, -0.2) is 4.39 Å². The molecule has 5 rings (SSSR count). The van der Waals surface area contributed by atoms with Crippen molar-refractivity contribution in [2.24, 2.45) is 5.92 Å². The molecule has 3 fully saturated rings. The normalized spacial score (nSPS) is 26.8. The minimum absolute atomic E-state index is 0.0316. The monoisotopic (exact) mass is 376 g/mol. The summed E-state index contributed by atoms with van der Waals surface area (Å²) in [6.45, 7) is 8.89. The molecule has 1 atom stereocenters. The van der Waals surface area contributed by atoms with Gasteiger partial charge in [-0.3, -0.25) is 9.69 Å². The molecule has 0 unspecified atom stereocenters. The number of halogens is 1. The first kappa shape index (κ1) is 17.7. The van der Waals surface area contributed by atoms with E-state index in [1.807, 2.05) is 13.0 Å². The molecule has 26 heavy (non-hydrogen) atoms. The predicted octanol–water partition coefficient (Wildman–Crippen LogP) is 4.04. The first-order valence-corrected chi connectivity index (χ1v) is 10.1. The van der Waals surface area contributed by atoms with Gasteiger partial charge >= 0.3 is 0 Å². The van der Waals surface area contributed by atoms with Crippen LogP contribution in [-0.4, -0.2) is 42.1 Å². The molecule has 2 aromatic rings. The zero-order valence-corrected chi connectivity index (χ0v) is 16.3. The molecule has 140 valence electrons. The van der Waals surface area contributed by atoms with Crippen molar-refractivity contribution in [1.29, 1.82) is 0 Å². The molecule has 0 saturated carbocycles. The van der Waals surface area contributed by atoms with Crippen molar-refractivity contribution >= 4 is 27.3 Å². The van der Waals surface area contributed by atoms with Gasteiger partial charge < -0.3 is 10.1 Å². The number of carbonyl (C=O) groups excluding carboxylic acids is 1. The van der Waals surface area contributed by atoms with E-state index in [1.54, 1.807) is 6.07 Å². The Morgan fingerprint density at radius 3 is 2.77 bits per heavy atom. The van der Waals surface area contributed by atoms with Crippen LogP contribution in [0.1, 0.15) is 43.3 Å². The quantitative estimate of drug-likeness (QED) is 0.876. The lowest BCUT2D eigenvalue weighted by molar-refractivity contribution is -0.0377. The average Bonchev–Trinajstić information content (AvgIpc) is 3.05. The Morgan fingerprint density at radius 1 is 1.38 bits per heavy atom. The highest BCUT2D eigenvalue weighted by atomic mass is 32.1. The molecule has 3 aliphatic rings. The molecule has 6 heteroatoms. The third-order valence-electron chi connectivity index (χ3n) is 5.98. The second-order valence-corrected chi connectivity index (χ2v) is 8.82. The number of amides is 1. The Bertz CT molecular complexity index is 840. The highest BCUT2D eigenvalue weighted by Crippen LogP contribution is 2.40. The van der Waals surface area contributed by atoms with Crippen molar-refractivity contribution in [3.8, 4) is 5.75 Å². The molecule has 0 spiro atoms. The fraction of sp³-hybridized carbons (Fsp3) is 0.550. The first-order chi connectivity index (χ1) is 12.4. The molecule has 1 amide bonds. The topological polar surface area (TPSA) is 41.6 Å². The lowest BCUT2D eigenvalue weighted by Crippen LogP contribution is -2.69. The lowest BCUT2D eigenvalue weighted by Gasteiger charge is -2.56. The molecular weight excluding hydrogens is 351 g/mol. The number of benzene rings is 1. The molecule has 3 aliphatic heterocycles. The third-order valence-corrected chi connectivity index (χ3v) is 7.13. The zero-order valence-electron chi connectivity index (χ0n) is 15.5. The Hall–Kier alpha value is -1.66. The van der Waals surface area contributed by atoms with Crippen LogP contribution in [0.5, 0.6) is 5.75 Å². The van der Waals surface area contributed by atoms with E-state index in [0.717, 1.165) is 31.3 Å². The van der Waals surface area contributed by atoms with Crippen molar-refractivity contribution < 1.29 is 13.9 Å². The Balaban J connectivity index is 1.62. The zero-order chi connectivity index (χ0) is 18.5. The smallest absolute Gasteiger partial charge is 0.261 e. The number of thiophene rings is 1. The summed E-state index contributed by atoms with van der Waals surface area (Å²) in [5.41, 5.74) is -0.0316. The number of carbonyl (C=O) groups is 1. The van der Waals surface area contributed by atoms with Gasteiger partial charge in [-0.15, -0.1) is 11.3 Å². The summed E-state index contributed by atoms with van der Waals surface area (Å²) in [7, 11) is 0. The van der Waals surface area contributed by atoms with Gasteiger partial charge in [0.1, 0.15) is 0 Å². The number of nitrogens with zero attached hydrogens (tertiary/aromatic N) is 1. The molecule has 3 saturated heterocycles. The van der Waals surface area contributed by atoms with Gasteiger partial charge in [0.2, 0.25) is 0 Å². The SMILES string of the molecule is CCOc1c(F)ccc2cc(C(=O)N[C@H]3C4CCN(CC4)C3(C)C)sc12. The van der Waals surface area contributed by atoms with Gasteiger partial charge in [0.15, 0.2) is 11.6 Å². The van der Waals surface area contributed by atoms with Crippen LogP contribution in [0, 0.1) is 11.7 Å². The number of piperidine rings is 3. The molecule has 1 aromatic carbocycles. The largest absolute Gasteiger partial charge is 0.489 e. The van der Waals surface area contributed by atoms with Crippen LogP contribution in [0.4, 0.5) is 4.39 Å². The minimum atomic E-state index is -0.383. The van der Waals surface area contributed by atoms with E-state index < -0.39 is 0 Å². The molecule has 0 aliphatic carbocycles. The highest BCUT2D eigenvalue weighted by molar-refractivity contribution is 7.21. The minimum Gasteiger partial charge on any atom is -0.489 e. The van der Waals surface area contributed by atoms with Crippen molar-refractivity contribution in [2.75, 3.05) is 19.7 Å². The molecule has 1 N–H and O–H groups in total. The maximum Gasteiger partial charge on any atom is 0.261 e. The van der Waals surface area contributed by atoms with Gasteiger partial charge in [-0.05, 0) is 70.1 Å². The molecule has 1 aromatic heterocycles. The van der Waals surface area contributed by atoms with Crippen molar-refractivity contribution in [3.05, 3.63) is 28.9 Å². The number of ether oxygens (including phenoxy) is 1. The van der Waals surface area contributed by atoms with E-state index in [0.29, 0.717) is 22.1 Å². The van der Waals surface area contributed by atoms with E-state index in [4.69, 9.17) is 4.74 Å². The first-order valence-electron chi connectivity index (χ1n) is 9.32. The number of hydrogen-bond donors (Lipinski definition) is 1. The van der Waals surface area contributed by atoms with E-state index >= 15 is 0 Å². The van der Waals surface area contributed by atoms with Crippen molar-refractivity contribution in [2.45, 2.75) is 45.2 Å². The fourth-order valence-corrected chi connectivity index (χ4v) is 5.58. The van der Waals surface area contributed by atoms with Crippen molar-refractivity contribution in [1.82, 2.24) is 10.2 Å². The number of fused-ring (bicyclic) bond motifs is 4. The molecule has 4 nitrogen and oxygen atoms in total. The van der Waals surface area contributed by atoms with Crippen LogP contribution in [0.15, 0.2) is 18.2 Å². The second kappa shape index (κ2) is 6.50. The molecule has 2 bridgehead atoms. The van der Waals surface area contributed by atoms with Crippen LogP contribution < -0.4 is 10.1 Å². The summed E-state index contributed by atoms with van der Waals surface area (Å²) in [5, 5.41) is 4.12. The summed E-state index contributed by atoms with van der Waals surface area (Å²) >= 11 is 1.30. The standard InChI is InChI=1S/C20H25FN2O2S/c1-4-25-16-14(21)6-5-13-11-15(26-17(13)16)19(24)22-18-12-7-9-23(10-8-12)20(18,2)3/h5-6,11-12,18H,4,7-10H2,1-3H3,(H,22,24)/t18-/m0/s1. The van der Waals surface area contributed by atoms with E-state index in [2.05, 4.69) is 24.1 Å². The van der Waals surface area contributed by atoms with Crippen LogP contribution in [-0.2, 0) is 0 Å². The van der Waals surface area contributed by atoms with Crippen LogP contribution in [0.2, 0.25) is 0 Å². The summed E-state index contributed by atoms with van der Waals surface area (Å²) in [6.07, 6.45) is 2.28. The molecular formula is C20H25FN2O2S. The fourth-order valence-electron chi connectivity index (χ4n) is 4.53. The maximum atomic E-state index is 14.1. The highest BCUT2D eigenvalue weighted by Gasteiger charge is 2.48. The Labute approximate surface area is 157 Å². The predicted molar refractivity (Wildman–Crippen MR) is 103 cm³/mol. The molecule has 0 radical (unpaired) electrons. The lowest BCUT2D eigenvalue weighted by atomic mass is 9.72. The van der Waals surface area contributed by atoms with Crippen LogP contribution >= 0.6 is 11.3 Å². The third kappa shape index (κ3) is 2.79. The average molecular weight is 376 g/mol. The van der Waals surface area contributed by atoms with E-state index in [-0.39, 0.29) is 29.1 Å².